The fraction of sp³-hybridized carbons (Fsp3) is 0.500. The molecule has 1 aliphatic rings. The third kappa shape index (κ3) is 7.44. The molecule has 3 rings (SSSR count). The molecular formula is C24H31N3O6S. The number of nitrogens with zero attached hydrogens (tertiary/aromatic N) is 1. The Morgan fingerprint density at radius 2 is 1.76 bits per heavy atom. The molecule has 0 saturated heterocycles. The molecule has 0 unspecified atom stereocenters. The van der Waals surface area contributed by atoms with E-state index in [-0.39, 0.29) is 49.3 Å². The standard InChI is InChI=1S/C24H31N3O6S/c1-3-32-23(29)13-12-21(28)25-16-8-4-5-9-17(16)27-24(30)18-15-34-22(26-18)14-33-20-11-7-6-10-19(20)31-2/h6-7,10-11,15-17H,3-5,8-9,12-14H2,1-2H3,(H,25,28)(H,27,30)/t16-,17-/m0/s1. The third-order valence-corrected chi connectivity index (χ3v) is 6.32. The van der Waals surface area contributed by atoms with E-state index in [1.165, 1.54) is 11.3 Å². The van der Waals surface area contributed by atoms with E-state index in [4.69, 9.17) is 14.2 Å². The van der Waals surface area contributed by atoms with Crippen molar-refractivity contribution in [2.24, 2.45) is 0 Å². The molecule has 34 heavy (non-hydrogen) atoms. The number of hydrogen-bond donors (Lipinski definition) is 2. The van der Waals surface area contributed by atoms with Crippen LogP contribution in [0.1, 0.15) is 60.9 Å². The summed E-state index contributed by atoms with van der Waals surface area (Å²) in [7, 11) is 1.58. The van der Waals surface area contributed by atoms with Crippen molar-refractivity contribution in [3.63, 3.8) is 0 Å². The van der Waals surface area contributed by atoms with Gasteiger partial charge in [0.2, 0.25) is 5.91 Å². The Bertz CT molecular complexity index is 979. The van der Waals surface area contributed by atoms with Gasteiger partial charge in [0.15, 0.2) is 11.5 Å². The van der Waals surface area contributed by atoms with Crippen LogP contribution in [0, 0.1) is 0 Å². The van der Waals surface area contributed by atoms with Gasteiger partial charge in [0.05, 0.1) is 20.1 Å². The largest absolute Gasteiger partial charge is 0.493 e. The van der Waals surface area contributed by atoms with Crippen LogP contribution in [0.25, 0.3) is 0 Å². The van der Waals surface area contributed by atoms with E-state index in [0.29, 0.717) is 28.8 Å². The van der Waals surface area contributed by atoms with Crippen LogP contribution in [-0.2, 0) is 20.9 Å². The van der Waals surface area contributed by atoms with Crippen molar-refractivity contribution < 1.29 is 28.6 Å². The number of benzene rings is 1. The second-order valence-electron chi connectivity index (χ2n) is 7.91. The van der Waals surface area contributed by atoms with E-state index in [1.54, 1.807) is 19.4 Å². The summed E-state index contributed by atoms with van der Waals surface area (Å²) >= 11 is 1.35. The lowest BCUT2D eigenvalue weighted by atomic mass is 9.90. The summed E-state index contributed by atoms with van der Waals surface area (Å²) in [5.74, 6) is 0.348. The molecule has 9 nitrogen and oxygen atoms in total. The summed E-state index contributed by atoms with van der Waals surface area (Å²) in [6.07, 6.45) is 3.58. The number of para-hydroxylation sites is 2. The second kappa shape index (κ2) is 12.9. The van der Waals surface area contributed by atoms with E-state index in [1.807, 2.05) is 24.3 Å². The number of esters is 1. The number of aromatic nitrogens is 1. The topological polar surface area (TPSA) is 116 Å². The maximum atomic E-state index is 12.8. The minimum absolute atomic E-state index is 0.0436. The minimum Gasteiger partial charge on any atom is -0.493 e. The monoisotopic (exact) mass is 489 g/mol. The maximum Gasteiger partial charge on any atom is 0.306 e. The fourth-order valence-corrected chi connectivity index (χ4v) is 4.49. The Morgan fingerprint density at radius 3 is 2.47 bits per heavy atom. The van der Waals surface area contributed by atoms with Gasteiger partial charge in [-0.1, -0.05) is 25.0 Å². The molecule has 1 aromatic heterocycles. The fourth-order valence-electron chi connectivity index (χ4n) is 3.81. The number of rotatable bonds is 11. The Balaban J connectivity index is 1.51. The summed E-state index contributed by atoms with van der Waals surface area (Å²) in [5.41, 5.74) is 0.321. The molecule has 2 amide bonds. The zero-order valence-electron chi connectivity index (χ0n) is 19.5. The molecule has 184 valence electrons. The molecule has 1 fully saturated rings. The van der Waals surface area contributed by atoms with Gasteiger partial charge in [0.25, 0.3) is 5.91 Å². The van der Waals surface area contributed by atoms with Gasteiger partial charge in [-0.25, -0.2) is 4.98 Å². The van der Waals surface area contributed by atoms with Gasteiger partial charge >= 0.3 is 5.97 Å². The van der Waals surface area contributed by atoms with Crippen LogP contribution < -0.4 is 20.1 Å². The van der Waals surface area contributed by atoms with Gasteiger partial charge in [0, 0.05) is 23.9 Å². The molecule has 1 aliphatic carbocycles. The van der Waals surface area contributed by atoms with Crippen molar-refractivity contribution in [3.05, 3.63) is 40.3 Å². The first-order valence-electron chi connectivity index (χ1n) is 11.5. The molecular weight excluding hydrogens is 458 g/mol. The average Bonchev–Trinajstić information content (AvgIpc) is 3.32. The SMILES string of the molecule is CCOC(=O)CCC(=O)N[C@H]1CCCC[C@@H]1NC(=O)c1csc(COc2ccccc2OC)n1. The van der Waals surface area contributed by atoms with Gasteiger partial charge in [0.1, 0.15) is 17.3 Å². The van der Waals surface area contributed by atoms with Gasteiger partial charge < -0.3 is 24.8 Å². The molecule has 1 aromatic carbocycles. The first kappa shape index (κ1) is 25.5. The van der Waals surface area contributed by atoms with E-state index in [9.17, 15) is 14.4 Å². The van der Waals surface area contributed by atoms with Crippen molar-refractivity contribution in [1.29, 1.82) is 0 Å². The van der Waals surface area contributed by atoms with Crippen LogP contribution in [-0.4, -0.2) is 48.6 Å². The van der Waals surface area contributed by atoms with Gasteiger partial charge in [-0.3, -0.25) is 14.4 Å². The highest BCUT2D eigenvalue weighted by Gasteiger charge is 2.28. The smallest absolute Gasteiger partial charge is 0.306 e. The summed E-state index contributed by atoms with van der Waals surface area (Å²) in [5, 5.41) is 8.36. The predicted octanol–water partition coefficient (Wildman–Crippen LogP) is 3.23. The summed E-state index contributed by atoms with van der Waals surface area (Å²) in [4.78, 5) is 41.0. The van der Waals surface area contributed by atoms with Crippen LogP contribution >= 0.6 is 11.3 Å². The molecule has 1 heterocycles. The Morgan fingerprint density at radius 1 is 1.06 bits per heavy atom. The van der Waals surface area contributed by atoms with E-state index >= 15 is 0 Å². The first-order chi connectivity index (χ1) is 16.5. The zero-order chi connectivity index (χ0) is 24.3. The van der Waals surface area contributed by atoms with Gasteiger partial charge in [-0.15, -0.1) is 11.3 Å². The summed E-state index contributed by atoms with van der Waals surface area (Å²) < 4.78 is 15.9. The Hall–Kier alpha value is -3.14. The highest BCUT2D eigenvalue weighted by molar-refractivity contribution is 7.09. The number of nitrogens with one attached hydrogen (secondary N) is 2. The van der Waals surface area contributed by atoms with E-state index in [2.05, 4.69) is 15.6 Å². The van der Waals surface area contributed by atoms with Crippen LogP contribution in [0.3, 0.4) is 0 Å². The van der Waals surface area contributed by atoms with Gasteiger partial charge in [-0.05, 0) is 31.9 Å². The summed E-state index contributed by atoms with van der Waals surface area (Å²) in [6.45, 7) is 2.25. The lowest BCUT2D eigenvalue weighted by Crippen LogP contribution is -2.53. The number of ether oxygens (including phenoxy) is 3. The van der Waals surface area contributed by atoms with E-state index in [0.717, 1.165) is 25.7 Å². The molecule has 10 heteroatoms. The molecule has 2 atom stereocenters. The highest BCUT2D eigenvalue weighted by atomic mass is 32.1. The first-order valence-corrected chi connectivity index (χ1v) is 12.3. The van der Waals surface area contributed by atoms with Crippen molar-refractivity contribution in [1.82, 2.24) is 15.6 Å². The Labute approximate surface area is 203 Å². The van der Waals surface area contributed by atoms with Crippen molar-refractivity contribution in [2.75, 3.05) is 13.7 Å². The highest BCUT2D eigenvalue weighted by Crippen LogP contribution is 2.27. The van der Waals surface area contributed by atoms with Crippen LogP contribution in [0.5, 0.6) is 11.5 Å². The second-order valence-corrected chi connectivity index (χ2v) is 8.85. The lowest BCUT2D eigenvalue weighted by Gasteiger charge is -2.32. The molecule has 0 aliphatic heterocycles. The quantitative estimate of drug-likeness (QED) is 0.466. The van der Waals surface area contributed by atoms with Crippen molar-refractivity contribution >= 4 is 29.1 Å². The number of hydrogen-bond acceptors (Lipinski definition) is 8. The third-order valence-electron chi connectivity index (χ3n) is 5.49. The van der Waals surface area contributed by atoms with E-state index < -0.39 is 0 Å². The zero-order valence-corrected chi connectivity index (χ0v) is 20.3. The average molecular weight is 490 g/mol. The molecule has 2 aromatic rings. The lowest BCUT2D eigenvalue weighted by molar-refractivity contribution is -0.144. The number of carbonyl (C=O) groups excluding carboxylic acids is 3. The van der Waals surface area contributed by atoms with Crippen LogP contribution in [0.4, 0.5) is 0 Å². The molecule has 0 radical (unpaired) electrons. The van der Waals surface area contributed by atoms with Crippen LogP contribution in [0.15, 0.2) is 29.6 Å². The maximum absolute atomic E-state index is 12.8. The number of carbonyl (C=O) groups is 3. The van der Waals surface area contributed by atoms with Crippen LogP contribution in [0.2, 0.25) is 0 Å². The normalized spacial score (nSPS) is 17.5. The molecule has 1 saturated carbocycles. The van der Waals surface area contributed by atoms with Crippen molar-refractivity contribution in [3.8, 4) is 11.5 Å². The molecule has 2 N–H and O–H groups in total. The Kier molecular flexibility index (Phi) is 9.69. The molecule has 0 spiro atoms. The number of thiazole rings is 1. The van der Waals surface area contributed by atoms with Crippen molar-refractivity contribution in [2.45, 2.75) is 64.1 Å². The molecule has 0 bridgehead atoms. The van der Waals surface area contributed by atoms with Gasteiger partial charge in [-0.2, -0.15) is 0 Å². The number of methoxy groups -OCH3 is 1. The predicted molar refractivity (Wildman–Crippen MR) is 127 cm³/mol. The number of amides is 2. The summed E-state index contributed by atoms with van der Waals surface area (Å²) in [6, 6.07) is 6.96. The minimum atomic E-state index is -0.389.